The van der Waals surface area contributed by atoms with Gasteiger partial charge in [0.05, 0.1) is 13.2 Å². The first-order valence-corrected chi connectivity index (χ1v) is 4.89. The molecule has 3 heteroatoms. The summed E-state index contributed by atoms with van der Waals surface area (Å²) in [5.41, 5.74) is 3.43. The van der Waals surface area contributed by atoms with Crippen molar-refractivity contribution in [2.24, 2.45) is 5.92 Å². The molecule has 72 valence electrons. The van der Waals surface area contributed by atoms with E-state index in [0.717, 1.165) is 38.8 Å². The maximum absolute atomic E-state index is 5.25. The number of morpholine rings is 1. The highest BCUT2D eigenvalue weighted by Gasteiger charge is 2.09. The van der Waals surface area contributed by atoms with Crippen LogP contribution >= 0.6 is 0 Å². The summed E-state index contributed by atoms with van der Waals surface area (Å²) in [4.78, 5) is 0. The van der Waals surface area contributed by atoms with Gasteiger partial charge in [-0.1, -0.05) is 20.3 Å². The van der Waals surface area contributed by atoms with Crippen molar-refractivity contribution >= 4 is 0 Å². The van der Waals surface area contributed by atoms with Crippen LogP contribution in [0, 0.1) is 5.92 Å². The molecule has 0 saturated carbocycles. The first-order chi connectivity index (χ1) is 5.83. The summed E-state index contributed by atoms with van der Waals surface area (Å²) in [6, 6.07) is 0. The molecule has 1 saturated heterocycles. The fourth-order valence-corrected chi connectivity index (χ4v) is 1.15. The second-order valence-electron chi connectivity index (χ2n) is 3.48. The van der Waals surface area contributed by atoms with Crippen molar-refractivity contribution in [2.75, 3.05) is 32.8 Å². The Hall–Kier alpha value is -0.120. The molecule has 0 bridgehead atoms. The summed E-state index contributed by atoms with van der Waals surface area (Å²) in [5.74, 6) is 0.771. The first-order valence-electron chi connectivity index (χ1n) is 4.89. The van der Waals surface area contributed by atoms with Gasteiger partial charge in [-0.3, -0.25) is 5.43 Å². The smallest absolute Gasteiger partial charge is 0.0608 e. The van der Waals surface area contributed by atoms with E-state index in [9.17, 15) is 0 Å². The van der Waals surface area contributed by atoms with E-state index in [1.165, 1.54) is 6.42 Å². The average Bonchev–Trinajstić information content (AvgIpc) is 2.16. The molecule has 0 aromatic carbocycles. The SMILES string of the molecule is CCC(C)CNN1CCOCC1. The molecule has 1 N–H and O–H groups in total. The Kier molecular flexibility index (Phi) is 4.58. The zero-order valence-electron chi connectivity index (χ0n) is 8.18. The lowest BCUT2D eigenvalue weighted by Gasteiger charge is -2.28. The highest BCUT2D eigenvalue weighted by atomic mass is 16.5. The van der Waals surface area contributed by atoms with Crippen molar-refractivity contribution in [2.45, 2.75) is 20.3 Å². The molecule has 1 atom stereocenters. The van der Waals surface area contributed by atoms with E-state index in [1.54, 1.807) is 0 Å². The quantitative estimate of drug-likeness (QED) is 0.681. The van der Waals surface area contributed by atoms with Crippen molar-refractivity contribution in [3.8, 4) is 0 Å². The van der Waals surface area contributed by atoms with E-state index in [4.69, 9.17) is 4.74 Å². The third kappa shape index (κ3) is 3.52. The lowest BCUT2D eigenvalue weighted by Crippen LogP contribution is -2.47. The van der Waals surface area contributed by atoms with Crippen molar-refractivity contribution < 1.29 is 4.74 Å². The number of nitrogens with one attached hydrogen (secondary N) is 1. The topological polar surface area (TPSA) is 24.5 Å². The third-order valence-corrected chi connectivity index (χ3v) is 2.37. The Morgan fingerprint density at radius 3 is 2.67 bits per heavy atom. The van der Waals surface area contributed by atoms with Crippen LogP contribution in [0.5, 0.6) is 0 Å². The van der Waals surface area contributed by atoms with Crippen molar-refractivity contribution in [1.29, 1.82) is 0 Å². The van der Waals surface area contributed by atoms with Gasteiger partial charge in [0.2, 0.25) is 0 Å². The van der Waals surface area contributed by atoms with E-state index in [1.807, 2.05) is 0 Å². The fraction of sp³-hybridized carbons (Fsp3) is 1.00. The normalized spacial score (nSPS) is 22.5. The van der Waals surface area contributed by atoms with E-state index < -0.39 is 0 Å². The lowest BCUT2D eigenvalue weighted by molar-refractivity contribution is 0.00967. The average molecular weight is 172 g/mol. The number of hydrogen-bond donors (Lipinski definition) is 1. The van der Waals surface area contributed by atoms with Gasteiger partial charge >= 0.3 is 0 Å². The van der Waals surface area contributed by atoms with Gasteiger partial charge in [0, 0.05) is 19.6 Å². The van der Waals surface area contributed by atoms with Crippen LogP contribution in [0.15, 0.2) is 0 Å². The van der Waals surface area contributed by atoms with Gasteiger partial charge in [0.15, 0.2) is 0 Å². The van der Waals surface area contributed by atoms with Gasteiger partial charge < -0.3 is 4.74 Å². The molecule has 0 amide bonds. The third-order valence-electron chi connectivity index (χ3n) is 2.37. The zero-order chi connectivity index (χ0) is 8.81. The Bertz CT molecular complexity index is 113. The molecule has 1 aliphatic heterocycles. The van der Waals surface area contributed by atoms with Crippen LogP contribution in [0.3, 0.4) is 0 Å². The lowest BCUT2D eigenvalue weighted by atomic mass is 10.1. The van der Waals surface area contributed by atoms with Gasteiger partial charge in [-0.2, -0.15) is 0 Å². The van der Waals surface area contributed by atoms with Gasteiger partial charge in [0.1, 0.15) is 0 Å². The molecule has 0 radical (unpaired) electrons. The van der Waals surface area contributed by atoms with E-state index in [0.29, 0.717) is 0 Å². The molecule has 0 spiro atoms. The molecule has 12 heavy (non-hydrogen) atoms. The first kappa shape index (κ1) is 9.96. The Morgan fingerprint density at radius 1 is 1.42 bits per heavy atom. The molecule has 1 rings (SSSR count). The number of ether oxygens (including phenoxy) is 1. The number of hydrogen-bond acceptors (Lipinski definition) is 3. The summed E-state index contributed by atoms with van der Waals surface area (Å²) in [5, 5.41) is 2.26. The summed E-state index contributed by atoms with van der Waals surface area (Å²) < 4.78 is 5.25. The predicted molar refractivity (Wildman–Crippen MR) is 49.8 cm³/mol. The van der Waals surface area contributed by atoms with Crippen molar-refractivity contribution in [3.63, 3.8) is 0 Å². The van der Waals surface area contributed by atoms with Crippen LogP contribution in [-0.2, 0) is 4.74 Å². The van der Waals surface area contributed by atoms with Crippen LogP contribution in [-0.4, -0.2) is 37.9 Å². The highest BCUT2D eigenvalue weighted by Crippen LogP contribution is 1.99. The largest absolute Gasteiger partial charge is 0.379 e. The summed E-state index contributed by atoms with van der Waals surface area (Å²) >= 11 is 0. The molecule has 0 aromatic rings. The van der Waals surface area contributed by atoms with E-state index >= 15 is 0 Å². The van der Waals surface area contributed by atoms with Gasteiger partial charge in [-0.05, 0) is 5.92 Å². The maximum atomic E-state index is 5.25. The fourth-order valence-electron chi connectivity index (χ4n) is 1.15. The molecule has 0 aliphatic carbocycles. The summed E-state index contributed by atoms with van der Waals surface area (Å²) in [6.45, 7) is 9.38. The summed E-state index contributed by atoms with van der Waals surface area (Å²) in [6.07, 6.45) is 1.25. The minimum absolute atomic E-state index is 0.771. The minimum atomic E-state index is 0.771. The van der Waals surface area contributed by atoms with Gasteiger partial charge in [0.25, 0.3) is 0 Å². The highest BCUT2D eigenvalue weighted by molar-refractivity contribution is 4.59. The zero-order valence-corrected chi connectivity index (χ0v) is 8.18. The Morgan fingerprint density at radius 2 is 2.08 bits per heavy atom. The summed E-state index contributed by atoms with van der Waals surface area (Å²) in [7, 11) is 0. The molecule has 1 heterocycles. The maximum Gasteiger partial charge on any atom is 0.0608 e. The number of hydrazine groups is 1. The molecule has 1 unspecified atom stereocenters. The molecular weight excluding hydrogens is 152 g/mol. The van der Waals surface area contributed by atoms with Crippen LogP contribution in [0.25, 0.3) is 0 Å². The number of nitrogens with zero attached hydrogens (tertiary/aromatic N) is 1. The minimum Gasteiger partial charge on any atom is -0.379 e. The predicted octanol–water partition coefficient (Wildman–Crippen LogP) is 0.869. The molecule has 3 nitrogen and oxygen atoms in total. The van der Waals surface area contributed by atoms with Gasteiger partial charge in [-0.25, -0.2) is 5.01 Å². The molecular formula is C9H20N2O. The molecule has 1 fully saturated rings. The van der Waals surface area contributed by atoms with E-state index in [-0.39, 0.29) is 0 Å². The molecule has 1 aliphatic rings. The van der Waals surface area contributed by atoms with E-state index in [2.05, 4.69) is 24.3 Å². The van der Waals surface area contributed by atoms with Crippen LogP contribution in [0.1, 0.15) is 20.3 Å². The second-order valence-corrected chi connectivity index (χ2v) is 3.48. The van der Waals surface area contributed by atoms with Crippen LogP contribution in [0.2, 0.25) is 0 Å². The van der Waals surface area contributed by atoms with Crippen LogP contribution in [0.4, 0.5) is 0 Å². The second kappa shape index (κ2) is 5.51. The monoisotopic (exact) mass is 172 g/mol. The molecule has 0 aromatic heterocycles. The Labute approximate surface area is 75.0 Å². The Balaban J connectivity index is 2.05. The number of rotatable bonds is 4. The van der Waals surface area contributed by atoms with Crippen LogP contribution < -0.4 is 5.43 Å². The van der Waals surface area contributed by atoms with Crippen molar-refractivity contribution in [1.82, 2.24) is 10.4 Å². The standard InChI is InChI=1S/C9H20N2O/c1-3-9(2)8-10-11-4-6-12-7-5-11/h9-10H,3-8H2,1-2H3. The van der Waals surface area contributed by atoms with Gasteiger partial charge in [-0.15, -0.1) is 0 Å². The van der Waals surface area contributed by atoms with Crippen molar-refractivity contribution in [3.05, 3.63) is 0 Å².